The molecule has 1 aromatic heterocycles. The first-order valence-electron chi connectivity index (χ1n) is 8.00. The molecule has 1 N–H and O–H groups in total. The van der Waals surface area contributed by atoms with E-state index in [1.165, 1.54) is 5.56 Å². The minimum absolute atomic E-state index is 0.0966. The molecule has 0 aliphatic heterocycles. The van der Waals surface area contributed by atoms with Crippen LogP contribution < -0.4 is 4.74 Å². The molecular weight excluding hydrogens is 300 g/mol. The molecule has 0 aliphatic carbocycles. The van der Waals surface area contributed by atoms with Crippen LogP contribution in [0.4, 0.5) is 0 Å². The minimum Gasteiger partial charge on any atom is -0.497 e. The monoisotopic (exact) mass is 322 g/mol. The van der Waals surface area contributed by atoms with Crippen LogP contribution in [0.5, 0.6) is 5.75 Å². The van der Waals surface area contributed by atoms with Crippen molar-refractivity contribution >= 4 is 16.8 Å². The molecule has 0 saturated heterocycles. The van der Waals surface area contributed by atoms with Crippen LogP contribution in [0, 0.1) is 6.92 Å². The number of aryl methyl sites for hydroxylation is 1. The predicted molar refractivity (Wildman–Crippen MR) is 96.2 cm³/mol. The lowest BCUT2D eigenvalue weighted by molar-refractivity contribution is -0.129. The molecule has 0 fully saturated rings. The fraction of sp³-hybridized carbons (Fsp3) is 0.250. The van der Waals surface area contributed by atoms with Gasteiger partial charge in [-0.3, -0.25) is 4.79 Å². The smallest absolute Gasteiger partial charge is 0.227 e. The number of rotatable bonds is 5. The van der Waals surface area contributed by atoms with E-state index in [2.05, 4.69) is 36.2 Å². The van der Waals surface area contributed by atoms with E-state index in [4.69, 9.17) is 4.74 Å². The van der Waals surface area contributed by atoms with Crippen LogP contribution in [-0.4, -0.2) is 29.9 Å². The summed E-state index contributed by atoms with van der Waals surface area (Å²) in [6, 6.07) is 14.1. The Hall–Kier alpha value is -2.75. The number of benzene rings is 2. The van der Waals surface area contributed by atoms with E-state index in [1.807, 2.05) is 31.4 Å². The number of hydrogen-bond donors (Lipinski definition) is 1. The molecule has 0 atom stereocenters. The zero-order valence-electron chi connectivity index (χ0n) is 14.3. The molecule has 0 bridgehead atoms. The Bertz CT molecular complexity index is 850. The Balaban J connectivity index is 1.73. The zero-order valence-corrected chi connectivity index (χ0v) is 14.3. The van der Waals surface area contributed by atoms with Crippen LogP contribution in [0.25, 0.3) is 10.9 Å². The van der Waals surface area contributed by atoms with Crippen molar-refractivity contribution in [2.45, 2.75) is 19.9 Å². The van der Waals surface area contributed by atoms with Gasteiger partial charge in [-0.05, 0) is 36.2 Å². The first-order valence-corrected chi connectivity index (χ1v) is 8.00. The van der Waals surface area contributed by atoms with E-state index in [0.717, 1.165) is 27.8 Å². The number of ether oxygens (including phenoxy) is 1. The summed E-state index contributed by atoms with van der Waals surface area (Å²) in [7, 11) is 3.49. The highest BCUT2D eigenvalue weighted by molar-refractivity contribution is 5.89. The van der Waals surface area contributed by atoms with Gasteiger partial charge in [-0.2, -0.15) is 0 Å². The number of amides is 1. The highest BCUT2D eigenvalue weighted by Crippen LogP contribution is 2.24. The van der Waals surface area contributed by atoms with Gasteiger partial charge < -0.3 is 14.6 Å². The van der Waals surface area contributed by atoms with Gasteiger partial charge in [0.25, 0.3) is 0 Å². The lowest BCUT2D eigenvalue weighted by atomic mass is 10.1. The maximum Gasteiger partial charge on any atom is 0.227 e. The van der Waals surface area contributed by atoms with Crippen LogP contribution in [0.1, 0.15) is 16.7 Å². The number of likely N-dealkylation sites (N-methyl/N-ethyl adjacent to an activating group) is 1. The molecule has 124 valence electrons. The van der Waals surface area contributed by atoms with Gasteiger partial charge in [0.15, 0.2) is 0 Å². The third kappa shape index (κ3) is 3.43. The molecule has 4 nitrogen and oxygen atoms in total. The molecular formula is C20H22N2O2. The number of carbonyl (C=O) groups excluding carboxylic acids is 1. The number of fused-ring (bicyclic) bond motifs is 1. The molecule has 0 aliphatic rings. The second-order valence-corrected chi connectivity index (χ2v) is 6.14. The highest BCUT2D eigenvalue weighted by Gasteiger charge is 2.13. The van der Waals surface area contributed by atoms with Crippen LogP contribution in [0.15, 0.2) is 48.7 Å². The Labute approximate surface area is 142 Å². The molecule has 3 rings (SSSR count). The zero-order chi connectivity index (χ0) is 17.1. The average Bonchev–Trinajstić information content (AvgIpc) is 2.99. The second kappa shape index (κ2) is 6.79. The Kier molecular flexibility index (Phi) is 4.56. The standard InChI is InChI=1S/C20H22N2O2/c1-14-4-6-15(7-5-14)13-22(2)20(23)10-16-12-21-19-9-8-17(24-3)11-18(16)19/h4-9,11-12,21H,10,13H2,1-3H3. The van der Waals surface area contributed by atoms with Crippen molar-refractivity contribution in [3.8, 4) is 5.75 Å². The molecule has 0 radical (unpaired) electrons. The fourth-order valence-corrected chi connectivity index (χ4v) is 2.78. The quantitative estimate of drug-likeness (QED) is 0.779. The molecule has 2 aromatic carbocycles. The van der Waals surface area contributed by atoms with Crippen LogP contribution in [0.3, 0.4) is 0 Å². The van der Waals surface area contributed by atoms with Crippen molar-refractivity contribution < 1.29 is 9.53 Å². The number of nitrogens with one attached hydrogen (secondary N) is 1. The summed E-state index contributed by atoms with van der Waals surface area (Å²) < 4.78 is 5.28. The first kappa shape index (κ1) is 16.1. The summed E-state index contributed by atoms with van der Waals surface area (Å²) in [6.07, 6.45) is 2.28. The summed E-state index contributed by atoms with van der Waals surface area (Å²) in [5.74, 6) is 0.892. The van der Waals surface area contributed by atoms with Gasteiger partial charge in [-0.1, -0.05) is 29.8 Å². The number of aromatic nitrogens is 1. The number of carbonyl (C=O) groups is 1. The summed E-state index contributed by atoms with van der Waals surface area (Å²) in [5, 5.41) is 1.03. The summed E-state index contributed by atoms with van der Waals surface area (Å²) in [5.41, 5.74) is 4.36. The van der Waals surface area contributed by atoms with E-state index < -0.39 is 0 Å². The molecule has 3 aromatic rings. The van der Waals surface area contributed by atoms with E-state index in [1.54, 1.807) is 12.0 Å². The van der Waals surface area contributed by atoms with Crippen LogP contribution in [0.2, 0.25) is 0 Å². The number of nitrogens with zero attached hydrogens (tertiary/aromatic N) is 1. The van der Waals surface area contributed by atoms with E-state index in [0.29, 0.717) is 13.0 Å². The minimum atomic E-state index is 0.0966. The summed E-state index contributed by atoms with van der Waals surface area (Å²) >= 11 is 0. The highest BCUT2D eigenvalue weighted by atomic mass is 16.5. The second-order valence-electron chi connectivity index (χ2n) is 6.14. The van der Waals surface area contributed by atoms with Gasteiger partial charge in [0.2, 0.25) is 5.91 Å². The van der Waals surface area contributed by atoms with Crippen LogP contribution in [-0.2, 0) is 17.8 Å². The van der Waals surface area contributed by atoms with Gasteiger partial charge >= 0.3 is 0 Å². The van der Waals surface area contributed by atoms with Crippen molar-refractivity contribution in [3.63, 3.8) is 0 Å². The largest absolute Gasteiger partial charge is 0.497 e. The van der Waals surface area contributed by atoms with Crippen molar-refractivity contribution in [3.05, 3.63) is 65.4 Å². The van der Waals surface area contributed by atoms with Crippen molar-refractivity contribution in [2.24, 2.45) is 0 Å². The van der Waals surface area contributed by atoms with Gasteiger partial charge in [-0.15, -0.1) is 0 Å². The number of hydrogen-bond acceptors (Lipinski definition) is 2. The summed E-state index contributed by atoms with van der Waals surface area (Å²) in [4.78, 5) is 17.5. The number of aromatic amines is 1. The van der Waals surface area contributed by atoms with Gasteiger partial charge in [-0.25, -0.2) is 0 Å². The molecule has 24 heavy (non-hydrogen) atoms. The SMILES string of the molecule is COc1ccc2[nH]cc(CC(=O)N(C)Cc3ccc(C)cc3)c2c1. The van der Waals surface area contributed by atoms with E-state index in [-0.39, 0.29) is 5.91 Å². The molecule has 1 heterocycles. The Morgan fingerprint density at radius 2 is 1.92 bits per heavy atom. The maximum atomic E-state index is 12.6. The third-order valence-electron chi connectivity index (χ3n) is 4.28. The topological polar surface area (TPSA) is 45.3 Å². The van der Waals surface area contributed by atoms with E-state index >= 15 is 0 Å². The third-order valence-corrected chi connectivity index (χ3v) is 4.28. The summed E-state index contributed by atoms with van der Waals surface area (Å²) in [6.45, 7) is 2.68. The maximum absolute atomic E-state index is 12.6. The number of H-pyrrole nitrogens is 1. The normalized spacial score (nSPS) is 10.8. The van der Waals surface area contributed by atoms with Gasteiger partial charge in [0.05, 0.1) is 13.5 Å². The van der Waals surface area contributed by atoms with Crippen molar-refractivity contribution in [1.82, 2.24) is 9.88 Å². The Morgan fingerprint density at radius 1 is 1.17 bits per heavy atom. The molecule has 0 saturated carbocycles. The lowest BCUT2D eigenvalue weighted by Gasteiger charge is -2.17. The molecule has 4 heteroatoms. The lowest BCUT2D eigenvalue weighted by Crippen LogP contribution is -2.27. The van der Waals surface area contributed by atoms with Crippen molar-refractivity contribution in [1.29, 1.82) is 0 Å². The number of methoxy groups -OCH3 is 1. The van der Waals surface area contributed by atoms with Gasteiger partial charge in [0.1, 0.15) is 5.75 Å². The van der Waals surface area contributed by atoms with Gasteiger partial charge in [0, 0.05) is 30.7 Å². The molecule has 0 spiro atoms. The Morgan fingerprint density at radius 3 is 2.62 bits per heavy atom. The first-order chi connectivity index (χ1) is 11.6. The molecule has 1 amide bonds. The van der Waals surface area contributed by atoms with Crippen molar-refractivity contribution in [2.75, 3.05) is 14.2 Å². The molecule has 0 unspecified atom stereocenters. The average molecular weight is 322 g/mol. The predicted octanol–water partition coefficient (Wildman–Crippen LogP) is 3.69. The van der Waals surface area contributed by atoms with E-state index in [9.17, 15) is 4.79 Å². The fourth-order valence-electron chi connectivity index (χ4n) is 2.78. The van der Waals surface area contributed by atoms with Crippen LogP contribution >= 0.6 is 0 Å².